The van der Waals surface area contributed by atoms with Gasteiger partial charge in [0, 0.05) is 32.3 Å². The second kappa shape index (κ2) is 11.4. The minimum absolute atomic E-state index is 0.0621. The van der Waals surface area contributed by atoms with E-state index in [0.717, 1.165) is 11.3 Å². The Morgan fingerprint density at radius 1 is 1.05 bits per heavy atom. The van der Waals surface area contributed by atoms with E-state index in [1.165, 1.54) is 22.9 Å². The van der Waals surface area contributed by atoms with Gasteiger partial charge in [-0.05, 0) is 23.3 Å². The summed E-state index contributed by atoms with van der Waals surface area (Å²) in [6.07, 6.45) is 5.01. The maximum Gasteiger partial charge on any atom is 0.326 e. The summed E-state index contributed by atoms with van der Waals surface area (Å²) in [5.41, 5.74) is 3.03. The standard InChI is InChI=1S/C27H28N6O5/c1-31(16-19-14-29-33(17-19)21-7-5-4-6-8-21)27(37)30-22(26(35)36)13-18-9-11-20(12-10-18)24-23(38-3)15-28-32(2)25(24)34/h4-12,14-15,17,22H,13,16H2,1-3H3,(H,30,37)(H,35,36)/t22-/m0/s1. The van der Waals surface area contributed by atoms with Crippen molar-refractivity contribution in [3.8, 4) is 22.6 Å². The van der Waals surface area contributed by atoms with E-state index in [4.69, 9.17) is 4.74 Å². The minimum atomic E-state index is -1.16. The van der Waals surface area contributed by atoms with Crippen LogP contribution in [0.4, 0.5) is 4.79 Å². The number of aliphatic carboxylic acids is 1. The van der Waals surface area contributed by atoms with Gasteiger partial charge in [-0.15, -0.1) is 0 Å². The van der Waals surface area contributed by atoms with Crippen molar-refractivity contribution in [3.63, 3.8) is 0 Å². The molecule has 0 saturated heterocycles. The number of hydrogen-bond donors (Lipinski definition) is 2. The molecule has 2 amide bonds. The maximum atomic E-state index is 12.8. The predicted octanol–water partition coefficient (Wildman–Crippen LogP) is 2.48. The predicted molar refractivity (Wildman–Crippen MR) is 140 cm³/mol. The first-order chi connectivity index (χ1) is 18.3. The van der Waals surface area contributed by atoms with Crippen molar-refractivity contribution in [2.24, 2.45) is 7.05 Å². The summed E-state index contributed by atoms with van der Waals surface area (Å²) < 4.78 is 8.21. The van der Waals surface area contributed by atoms with Gasteiger partial charge in [-0.25, -0.2) is 19.0 Å². The molecule has 0 unspecified atom stereocenters. The molecule has 0 radical (unpaired) electrons. The lowest BCUT2D eigenvalue weighted by atomic mass is 10.0. The van der Waals surface area contributed by atoms with Gasteiger partial charge in [0.15, 0.2) is 5.75 Å². The van der Waals surface area contributed by atoms with E-state index >= 15 is 0 Å². The molecule has 2 N–H and O–H groups in total. The van der Waals surface area contributed by atoms with Crippen LogP contribution in [0.5, 0.6) is 5.75 Å². The van der Waals surface area contributed by atoms with E-state index in [1.807, 2.05) is 36.5 Å². The first kappa shape index (κ1) is 26.1. The van der Waals surface area contributed by atoms with Gasteiger partial charge in [0.25, 0.3) is 5.56 Å². The molecule has 0 saturated carbocycles. The highest BCUT2D eigenvalue weighted by Gasteiger charge is 2.23. The average molecular weight is 517 g/mol. The Morgan fingerprint density at radius 3 is 2.42 bits per heavy atom. The van der Waals surface area contributed by atoms with Crippen molar-refractivity contribution in [1.29, 1.82) is 0 Å². The molecule has 11 nitrogen and oxygen atoms in total. The Kier molecular flexibility index (Phi) is 7.86. The zero-order chi connectivity index (χ0) is 27.2. The first-order valence-corrected chi connectivity index (χ1v) is 11.8. The molecule has 1 atom stereocenters. The summed E-state index contributed by atoms with van der Waals surface area (Å²) in [6, 6.07) is 14.8. The molecule has 38 heavy (non-hydrogen) atoms. The number of carboxylic acids is 1. The fraction of sp³-hybridized carbons (Fsp3) is 0.222. The highest BCUT2D eigenvalue weighted by Crippen LogP contribution is 2.25. The van der Waals surface area contributed by atoms with Crippen LogP contribution in [-0.4, -0.2) is 61.8 Å². The number of hydrogen-bond acceptors (Lipinski definition) is 6. The van der Waals surface area contributed by atoms with Crippen LogP contribution in [0.15, 0.2) is 78.0 Å². The summed E-state index contributed by atoms with van der Waals surface area (Å²) >= 11 is 0. The number of carbonyl (C=O) groups is 2. The highest BCUT2D eigenvalue weighted by atomic mass is 16.5. The quantitative estimate of drug-likeness (QED) is 0.349. The molecule has 0 bridgehead atoms. The number of ether oxygens (including phenoxy) is 1. The number of carboxylic acid groups (broad SMARTS) is 1. The van der Waals surface area contributed by atoms with Crippen LogP contribution >= 0.6 is 0 Å². The SMILES string of the molecule is COc1cnn(C)c(=O)c1-c1ccc(C[C@H](NC(=O)N(C)Cc2cnn(-c3ccccc3)c2)C(=O)O)cc1. The van der Waals surface area contributed by atoms with Gasteiger partial charge < -0.3 is 20.1 Å². The first-order valence-electron chi connectivity index (χ1n) is 11.8. The molecule has 2 aromatic heterocycles. The zero-order valence-corrected chi connectivity index (χ0v) is 21.2. The number of benzene rings is 2. The van der Waals surface area contributed by atoms with Crippen molar-refractivity contribution in [2.75, 3.05) is 14.2 Å². The number of para-hydroxylation sites is 1. The normalized spacial score (nSPS) is 11.6. The van der Waals surface area contributed by atoms with Crippen molar-refractivity contribution < 1.29 is 19.4 Å². The minimum Gasteiger partial charge on any atom is -0.494 e. The van der Waals surface area contributed by atoms with Gasteiger partial charge in [0.1, 0.15) is 6.04 Å². The van der Waals surface area contributed by atoms with Gasteiger partial charge >= 0.3 is 12.0 Å². The summed E-state index contributed by atoms with van der Waals surface area (Å²) in [7, 11) is 4.60. The lowest BCUT2D eigenvalue weighted by Gasteiger charge is -2.21. The van der Waals surface area contributed by atoms with Crippen molar-refractivity contribution >= 4 is 12.0 Å². The van der Waals surface area contributed by atoms with Crippen LogP contribution in [0, 0.1) is 0 Å². The highest BCUT2D eigenvalue weighted by molar-refractivity contribution is 5.82. The molecule has 0 spiro atoms. The Hall–Kier alpha value is -4.93. The molecule has 4 aromatic rings. The van der Waals surface area contributed by atoms with Crippen molar-refractivity contribution in [3.05, 3.63) is 94.7 Å². The van der Waals surface area contributed by atoms with Gasteiger partial charge in [-0.1, -0.05) is 42.5 Å². The molecular weight excluding hydrogens is 488 g/mol. The average Bonchev–Trinajstić information content (AvgIpc) is 3.39. The number of aryl methyl sites for hydroxylation is 1. The number of nitrogens with one attached hydrogen (secondary N) is 1. The third-order valence-electron chi connectivity index (χ3n) is 6.02. The fourth-order valence-corrected chi connectivity index (χ4v) is 3.96. The number of aromatic nitrogens is 4. The molecule has 2 aromatic carbocycles. The van der Waals surface area contributed by atoms with Crippen LogP contribution in [0.1, 0.15) is 11.1 Å². The smallest absolute Gasteiger partial charge is 0.326 e. The van der Waals surface area contributed by atoms with Gasteiger partial charge in [-0.3, -0.25) is 4.79 Å². The van der Waals surface area contributed by atoms with E-state index in [2.05, 4.69) is 15.5 Å². The van der Waals surface area contributed by atoms with Crippen molar-refractivity contribution in [2.45, 2.75) is 19.0 Å². The van der Waals surface area contributed by atoms with Gasteiger partial charge in [0.2, 0.25) is 0 Å². The van der Waals surface area contributed by atoms with E-state index in [1.54, 1.807) is 49.2 Å². The fourth-order valence-electron chi connectivity index (χ4n) is 3.96. The maximum absolute atomic E-state index is 12.8. The summed E-state index contributed by atoms with van der Waals surface area (Å²) in [6.45, 7) is 0.252. The van der Waals surface area contributed by atoms with Crippen LogP contribution in [0.3, 0.4) is 0 Å². The molecule has 11 heteroatoms. The number of amides is 2. The number of urea groups is 1. The molecular formula is C27H28N6O5. The molecule has 0 aliphatic carbocycles. The topological polar surface area (TPSA) is 132 Å². The van der Waals surface area contributed by atoms with E-state index in [-0.39, 0.29) is 18.5 Å². The molecule has 4 rings (SSSR count). The number of methoxy groups -OCH3 is 1. The molecule has 196 valence electrons. The Bertz CT molecular complexity index is 1480. The van der Waals surface area contributed by atoms with Gasteiger partial charge in [0.05, 0.1) is 37.3 Å². The van der Waals surface area contributed by atoms with Crippen LogP contribution in [0.25, 0.3) is 16.8 Å². The van der Waals surface area contributed by atoms with Crippen molar-refractivity contribution in [1.82, 2.24) is 29.8 Å². The summed E-state index contributed by atoms with van der Waals surface area (Å²) in [5.74, 6) is -0.814. The van der Waals surface area contributed by atoms with Crippen LogP contribution in [-0.2, 0) is 24.8 Å². The van der Waals surface area contributed by atoms with Crippen LogP contribution in [0.2, 0.25) is 0 Å². The lowest BCUT2D eigenvalue weighted by molar-refractivity contribution is -0.139. The van der Waals surface area contributed by atoms with E-state index in [9.17, 15) is 19.5 Å². The Morgan fingerprint density at radius 2 is 1.76 bits per heavy atom. The number of nitrogens with zero attached hydrogens (tertiary/aromatic N) is 5. The summed E-state index contributed by atoms with van der Waals surface area (Å²) in [4.78, 5) is 38.7. The largest absolute Gasteiger partial charge is 0.494 e. The van der Waals surface area contributed by atoms with Gasteiger partial charge in [-0.2, -0.15) is 10.2 Å². The molecule has 0 aliphatic rings. The third-order valence-corrected chi connectivity index (χ3v) is 6.02. The van der Waals surface area contributed by atoms with E-state index in [0.29, 0.717) is 22.4 Å². The molecule has 2 heterocycles. The summed E-state index contributed by atoms with van der Waals surface area (Å²) in [5, 5.41) is 20.6. The lowest BCUT2D eigenvalue weighted by Crippen LogP contribution is -2.47. The van der Waals surface area contributed by atoms with E-state index < -0.39 is 18.0 Å². The number of rotatable bonds is 9. The second-order valence-electron chi connectivity index (χ2n) is 8.74. The Balaban J connectivity index is 1.41. The second-order valence-corrected chi connectivity index (χ2v) is 8.74. The molecule has 0 aliphatic heterocycles. The zero-order valence-electron chi connectivity index (χ0n) is 21.2. The number of carbonyl (C=O) groups excluding carboxylic acids is 1. The third kappa shape index (κ3) is 5.89. The van der Waals surface area contributed by atoms with Crippen LogP contribution < -0.4 is 15.6 Å². The Labute approximate surface area is 218 Å². The molecule has 0 fully saturated rings. The monoisotopic (exact) mass is 516 g/mol.